The predicted molar refractivity (Wildman–Crippen MR) is 27.9 cm³/mol. The number of alkyl halides is 1. The van der Waals surface area contributed by atoms with Gasteiger partial charge in [0.1, 0.15) is 5.67 Å². The van der Waals surface area contributed by atoms with Crippen molar-refractivity contribution in [1.29, 1.82) is 5.26 Å². The van der Waals surface area contributed by atoms with E-state index in [1.165, 1.54) is 0 Å². The van der Waals surface area contributed by atoms with E-state index >= 15 is 0 Å². The van der Waals surface area contributed by atoms with Gasteiger partial charge in [-0.15, -0.1) is 0 Å². The van der Waals surface area contributed by atoms with Crippen LogP contribution in [-0.2, 0) is 0 Å². The van der Waals surface area contributed by atoms with Crippen LogP contribution in [0.3, 0.4) is 0 Å². The smallest absolute Gasteiger partial charge is 0.124 e. The molecule has 0 aliphatic heterocycles. The molecule has 0 N–H and O–H groups in total. The fourth-order valence-electron chi connectivity index (χ4n) is 0.879. The van der Waals surface area contributed by atoms with Crippen LogP contribution >= 0.6 is 0 Å². The van der Waals surface area contributed by atoms with E-state index < -0.39 is 5.67 Å². The third-order valence-electron chi connectivity index (χ3n) is 1.65. The molecular formula is C6H8FN. The molecule has 0 aromatic carbocycles. The molecule has 44 valence electrons. The lowest BCUT2D eigenvalue weighted by Gasteiger charge is -2.30. The maximum atomic E-state index is 12.7. The highest BCUT2D eigenvalue weighted by Gasteiger charge is 2.36. The van der Waals surface area contributed by atoms with Crippen molar-refractivity contribution in [1.82, 2.24) is 0 Å². The SMILES string of the molecule is N#CCC1(F)CCC1. The topological polar surface area (TPSA) is 23.8 Å². The Morgan fingerprint density at radius 1 is 1.62 bits per heavy atom. The van der Waals surface area contributed by atoms with Crippen LogP contribution in [0.1, 0.15) is 25.7 Å². The Morgan fingerprint density at radius 3 is 2.38 bits per heavy atom. The van der Waals surface area contributed by atoms with Gasteiger partial charge < -0.3 is 0 Å². The van der Waals surface area contributed by atoms with Crippen LogP contribution in [-0.4, -0.2) is 5.67 Å². The largest absolute Gasteiger partial charge is 0.243 e. The normalized spacial score (nSPS) is 23.5. The molecule has 1 nitrogen and oxygen atoms in total. The maximum absolute atomic E-state index is 12.7. The summed E-state index contributed by atoms with van der Waals surface area (Å²) in [6.45, 7) is 0. The highest BCUT2D eigenvalue weighted by Crippen LogP contribution is 2.38. The summed E-state index contributed by atoms with van der Waals surface area (Å²) in [7, 11) is 0. The van der Waals surface area contributed by atoms with Crippen molar-refractivity contribution in [2.45, 2.75) is 31.4 Å². The van der Waals surface area contributed by atoms with E-state index in [9.17, 15) is 4.39 Å². The first-order valence-corrected chi connectivity index (χ1v) is 2.83. The Labute approximate surface area is 48.1 Å². The van der Waals surface area contributed by atoms with E-state index in [1.54, 1.807) is 0 Å². The average Bonchev–Trinajstić information content (AvgIpc) is 1.64. The van der Waals surface area contributed by atoms with Gasteiger partial charge >= 0.3 is 0 Å². The van der Waals surface area contributed by atoms with E-state index in [0.717, 1.165) is 6.42 Å². The molecule has 0 heterocycles. The zero-order valence-electron chi connectivity index (χ0n) is 4.65. The van der Waals surface area contributed by atoms with Gasteiger partial charge in [-0.05, 0) is 19.3 Å². The lowest BCUT2D eigenvalue weighted by atomic mass is 9.80. The molecule has 2 heteroatoms. The summed E-state index contributed by atoms with van der Waals surface area (Å²) in [6.07, 6.45) is 2.24. The third kappa shape index (κ3) is 0.812. The second-order valence-corrected chi connectivity index (χ2v) is 2.34. The average molecular weight is 113 g/mol. The third-order valence-corrected chi connectivity index (χ3v) is 1.65. The molecule has 0 spiro atoms. The molecule has 0 amide bonds. The highest BCUT2D eigenvalue weighted by atomic mass is 19.1. The molecule has 1 aliphatic rings. The zero-order valence-corrected chi connectivity index (χ0v) is 4.65. The predicted octanol–water partition coefficient (Wildman–Crippen LogP) is 1.79. The fraction of sp³-hybridized carbons (Fsp3) is 0.833. The molecule has 1 rings (SSSR count). The second-order valence-electron chi connectivity index (χ2n) is 2.34. The van der Waals surface area contributed by atoms with Gasteiger partial charge in [-0.3, -0.25) is 0 Å². The van der Waals surface area contributed by atoms with E-state index in [2.05, 4.69) is 0 Å². The number of hydrogen-bond donors (Lipinski definition) is 0. The first-order chi connectivity index (χ1) is 3.77. The molecule has 0 aromatic rings. The van der Waals surface area contributed by atoms with E-state index in [-0.39, 0.29) is 6.42 Å². The molecular weight excluding hydrogens is 105 g/mol. The van der Waals surface area contributed by atoms with Gasteiger partial charge in [0.2, 0.25) is 0 Å². The Bertz CT molecular complexity index is 121. The van der Waals surface area contributed by atoms with E-state index in [4.69, 9.17) is 5.26 Å². The van der Waals surface area contributed by atoms with Gasteiger partial charge in [0.25, 0.3) is 0 Å². The van der Waals surface area contributed by atoms with Gasteiger partial charge in [-0.25, -0.2) is 4.39 Å². The lowest BCUT2D eigenvalue weighted by molar-refractivity contribution is 0.0691. The summed E-state index contributed by atoms with van der Waals surface area (Å²) < 4.78 is 12.7. The Balaban J connectivity index is 2.33. The number of nitrogens with zero attached hydrogens (tertiary/aromatic N) is 1. The van der Waals surface area contributed by atoms with Crippen molar-refractivity contribution in [2.24, 2.45) is 0 Å². The molecule has 1 aliphatic carbocycles. The molecule has 0 bridgehead atoms. The van der Waals surface area contributed by atoms with E-state index in [0.29, 0.717) is 12.8 Å². The summed E-state index contributed by atoms with van der Waals surface area (Å²) in [5.41, 5.74) is -1.09. The fourth-order valence-corrected chi connectivity index (χ4v) is 0.879. The Hall–Kier alpha value is -0.580. The standard InChI is InChI=1S/C6H8FN/c7-6(4-5-8)2-1-3-6/h1-4H2. The van der Waals surface area contributed by atoms with Crippen LogP contribution in [0.2, 0.25) is 0 Å². The minimum Gasteiger partial charge on any atom is -0.243 e. The summed E-state index contributed by atoms with van der Waals surface area (Å²) in [5.74, 6) is 0. The summed E-state index contributed by atoms with van der Waals surface area (Å²) in [4.78, 5) is 0. The van der Waals surface area contributed by atoms with Gasteiger partial charge in [0, 0.05) is 0 Å². The lowest BCUT2D eigenvalue weighted by Crippen LogP contribution is -2.30. The monoisotopic (exact) mass is 113 g/mol. The van der Waals surface area contributed by atoms with Crippen molar-refractivity contribution < 1.29 is 4.39 Å². The molecule has 1 saturated carbocycles. The van der Waals surface area contributed by atoms with Gasteiger partial charge in [-0.2, -0.15) is 5.26 Å². The van der Waals surface area contributed by atoms with Crippen LogP contribution < -0.4 is 0 Å². The first-order valence-electron chi connectivity index (χ1n) is 2.83. The highest BCUT2D eigenvalue weighted by molar-refractivity contribution is 4.95. The Kier molecular flexibility index (Phi) is 1.21. The number of halogens is 1. The van der Waals surface area contributed by atoms with Crippen LogP contribution in [0.5, 0.6) is 0 Å². The van der Waals surface area contributed by atoms with Crippen molar-refractivity contribution in [3.05, 3.63) is 0 Å². The van der Waals surface area contributed by atoms with Crippen molar-refractivity contribution >= 4 is 0 Å². The molecule has 0 radical (unpaired) electrons. The molecule has 0 atom stereocenters. The second kappa shape index (κ2) is 1.74. The summed E-state index contributed by atoms with van der Waals surface area (Å²) in [6, 6.07) is 1.84. The minimum absolute atomic E-state index is 0.0903. The quantitative estimate of drug-likeness (QED) is 0.508. The number of nitriles is 1. The van der Waals surface area contributed by atoms with Gasteiger partial charge in [0.05, 0.1) is 12.5 Å². The van der Waals surface area contributed by atoms with Crippen LogP contribution in [0, 0.1) is 11.3 Å². The first kappa shape index (κ1) is 5.55. The zero-order chi connectivity index (χ0) is 6.04. The van der Waals surface area contributed by atoms with Crippen molar-refractivity contribution in [2.75, 3.05) is 0 Å². The van der Waals surface area contributed by atoms with E-state index in [1.807, 2.05) is 6.07 Å². The maximum Gasteiger partial charge on any atom is 0.124 e. The van der Waals surface area contributed by atoms with Gasteiger partial charge in [0.15, 0.2) is 0 Å². The molecule has 1 fully saturated rings. The summed E-state index contributed by atoms with van der Waals surface area (Å²) in [5, 5.41) is 8.08. The van der Waals surface area contributed by atoms with Crippen LogP contribution in [0.4, 0.5) is 4.39 Å². The molecule has 0 aromatic heterocycles. The summed E-state index contributed by atoms with van der Waals surface area (Å²) >= 11 is 0. The number of rotatable bonds is 1. The molecule has 8 heavy (non-hydrogen) atoms. The van der Waals surface area contributed by atoms with Crippen molar-refractivity contribution in [3.63, 3.8) is 0 Å². The molecule has 0 saturated heterocycles. The number of hydrogen-bond acceptors (Lipinski definition) is 1. The van der Waals surface area contributed by atoms with Crippen LogP contribution in [0.15, 0.2) is 0 Å². The van der Waals surface area contributed by atoms with Crippen molar-refractivity contribution in [3.8, 4) is 6.07 Å². The molecule has 0 unspecified atom stereocenters. The van der Waals surface area contributed by atoms with Crippen LogP contribution in [0.25, 0.3) is 0 Å². The van der Waals surface area contributed by atoms with Gasteiger partial charge in [-0.1, -0.05) is 0 Å². The Morgan fingerprint density at radius 2 is 2.25 bits per heavy atom. The minimum atomic E-state index is -1.09.